The van der Waals surface area contributed by atoms with E-state index in [4.69, 9.17) is 13.9 Å². The molecule has 1 aromatic heterocycles. The number of aryl methyl sites for hydroxylation is 1. The SMILES string of the molecule is CCOc1ccccc1OCCCC(=O)NNC(=O)c1oc2ccccc2c1C. The molecule has 0 aliphatic rings. The Kier molecular flexibility index (Phi) is 6.73. The summed E-state index contributed by atoms with van der Waals surface area (Å²) in [5.74, 6) is 0.696. The predicted molar refractivity (Wildman–Crippen MR) is 109 cm³/mol. The van der Waals surface area contributed by atoms with Crippen LogP contribution in [0.3, 0.4) is 0 Å². The number of rotatable bonds is 8. The maximum absolute atomic E-state index is 12.3. The Morgan fingerprint density at radius 2 is 1.66 bits per heavy atom. The van der Waals surface area contributed by atoms with Crippen molar-refractivity contribution in [2.75, 3.05) is 13.2 Å². The van der Waals surface area contributed by atoms with Gasteiger partial charge in [-0.1, -0.05) is 30.3 Å². The molecule has 1 heterocycles. The number of fused-ring (bicyclic) bond motifs is 1. The number of carbonyl (C=O) groups excluding carboxylic acids is 2. The molecule has 3 rings (SSSR count). The Morgan fingerprint density at radius 3 is 2.38 bits per heavy atom. The summed E-state index contributed by atoms with van der Waals surface area (Å²) in [6, 6.07) is 14.8. The number of hydrogen-bond donors (Lipinski definition) is 2. The molecule has 29 heavy (non-hydrogen) atoms. The van der Waals surface area contributed by atoms with Crippen LogP contribution in [0.5, 0.6) is 11.5 Å². The van der Waals surface area contributed by atoms with Gasteiger partial charge < -0.3 is 13.9 Å². The molecule has 0 spiro atoms. The van der Waals surface area contributed by atoms with Gasteiger partial charge in [-0.15, -0.1) is 0 Å². The average molecular weight is 396 g/mol. The fourth-order valence-electron chi connectivity index (χ4n) is 2.90. The second-order valence-electron chi connectivity index (χ2n) is 6.39. The number of benzene rings is 2. The first-order valence-electron chi connectivity index (χ1n) is 9.52. The van der Waals surface area contributed by atoms with Crippen LogP contribution in [0.25, 0.3) is 11.0 Å². The molecule has 0 unspecified atom stereocenters. The molecular weight excluding hydrogens is 372 g/mol. The molecule has 0 aliphatic carbocycles. The topological polar surface area (TPSA) is 89.8 Å². The highest BCUT2D eigenvalue weighted by Gasteiger charge is 2.17. The van der Waals surface area contributed by atoms with Crippen LogP contribution in [0.4, 0.5) is 0 Å². The summed E-state index contributed by atoms with van der Waals surface area (Å²) in [4.78, 5) is 24.3. The molecule has 0 saturated heterocycles. The van der Waals surface area contributed by atoms with E-state index in [1.807, 2.05) is 49.4 Å². The maximum Gasteiger partial charge on any atom is 0.305 e. The minimum atomic E-state index is -0.492. The number of hydrogen-bond acceptors (Lipinski definition) is 5. The van der Waals surface area contributed by atoms with E-state index in [-0.39, 0.29) is 18.1 Å². The van der Waals surface area contributed by atoms with E-state index in [0.29, 0.717) is 36.7 Å². The zero-order chi connectivity index (χ0) is 20.6. The standard InChI is InChI=1S/C22H24N2O5/c1-3-27-18-11-6-7-12-19(18)28-14-8-13-20(25)23-24-22(26)21-15(2)16-9-4-5-10-17(16)29-21/h4-7,9-12H,3,8,13-14H2,1-2H3,(H,23,25)(H,24,26). The molecule has 152 valence electrons. The monoisotopic (exact) mass is 396 g/mol. The van der Waals surface area contributed by atoms with E-state index in [1.165, 1.54) is 0 Å². The molecule has 7 heteroatoms. The molecule has 0 aliphatic heterocycles. The molecular formula is C22H24N2O5. The van der Waals surface area contributed by atoms with E-state index in [2.05, 4.69) is 10.9 Å². The summed E-state index contributed by atoms with van der Waals surface area (Å²) in [5.41, 5.74) is 6.16. The van der Waals surface area contributed by atoms with Gasteiger partial charge in [-0.3, -0.25) is 20.4 Å². The van der Waals surface area contributed by atoms with E-state index in [0.717, 1.165) is 10.9 Å². The number of ether oxygens (including phenoxy) is 2. The van der Waals surface area contributed by atoms with Gasteiger partial charge in [-0.25, -0.2) is 0 Å². The maximum atomic E-state index is 12.3. The van der Waals surface area contributed by atoms with Crippen molar-refractivity contribution in [1.29, 1.82) is 0 Å². The van der Waals surface area contributed by atoms with Gasteiger partial charge in [0.15, 0.2) is 17.3 Å². The van der Waals surface area contributed by atoms with Crippen LogP contribution in [0.15, 0.2) is 52.9 Å². The van der Waals surface area contributed by atoms with E-state index in [9.17, 15) is 9.59 Å². The van der Waals surface area contributed by atoms with Crippen molar-refractivity contribution < 1.29 is 23.5 Å². The Hall–Kier alpha value is -3.48. The van der Waals surface area contributed by atoms with Crippen molar-refractivity contribution in [2.45, 2.75) is 26.7 Å². The zero-order valence-corrected chi connectivity index (χ0v) is 16.5. The summed E-state index contributed by atoms with van der Waals surface area (Å²) < 4.78 is 16.7. The molecule has 2 aromatic carbocycles. The van der Waals surface area contributed by atoms with E-state index < -0.39 is 5.91 Å². The Morgan fingerprint density at radius 1 is 0.966 bits per heavy atom. The fraction of sp³-hybridized carbons (Fsp3) is 0.273. The number of nitrogens with one attached hydrogen (secondary N) is 2. The lowest BCUT2D eigenvalue weighted by molar-refractivity contribution is -0.122. The first-order chi connectivity index (χ1) is 14.1. The Balaban J connectivity index is 1.43. The minimum Gasteiger partial charge on any atom is -0.490 e. The van der Waals surface area contributed by atoms with Crippen LogP contribution in [-0.2, 0) is 4.79 Å². The summed E-state index contributed by atoms with van der Waals surface area (Å²) in [6.45, 7) is 4.61. The van der Waals surface area contributed by atoms with Gasteiger partial charge in [0.1, 0.15) is 5.58 Å². The number of amides is 2. The van der Waals surface area contributed by atoms with Crippen LogP contribution >= 0.6 is 0 Å². The molecule has 0 bridgehead atoms. The number of carbonyl (C=O) groups is 2. The zero-order valence-electron chi connectivity index (χ0n) is 16.5. The van der Waals surface area contributed by atoms with Gasteiger partial charge in [0.2, 0.25) is 5.91 Å². The van der Waals surface area contributed by atoms with Crippen LogP contribution < -0.4 is 20.3 Å². The van der Waals surface area contributed by atoms with Crippen LogP contribution in [0.2, 0.25) is 0 Å². The van der Waals surface area contributed by atoms with Gasteiger partial charge in [-0.05, 0) is 38.5 Å². The first-order valence-corrected chi connectivity index (χ1v) is 9.52. The molecule has 2 amide bonds. The number of furan rings is 1. The van der Waals surface area contributed by atoms with Crippen LogP contribution in [0, 0.1) is 6.92 Å². The lowest BCUT2D eigenvalue weighted by atomic mass is 10.1. The molecule has 0 atom stereocenters. The third-order valence-electron chi connectivity index (χ3n) is 4.32. The van der Waals surface area contributed by atoms with Gasteiger partial charge in [0.05, 0.1) is 13.2 Å². The van der Waals surface area contributed by atoms with Crippen molar-refractivity contribution in [2.24, 2.45) is 0 Å². The smallest absolute Gasteiger partial charge is 0.305 e. The summed E-state index contributed by atoms with van der Waals surface area (Å²) in [6.07, 6.45) is 0.696. The summed E-state index contributed by atoms with van der Waals surface area (Å²) >= 11 is 0. The Labute approximate surface area is 169 Å². The van der Waals surface area contributed by atoms with Crippen molar-refractivity contribution in [3.63, 3.8) is 0 Å². The van der Waals surface area contributed by atoms with Crippen LogP contribution in [-0.4, -0.2) is 25.0 Å². The van der Waals surface area contributed by atoms with E-state index >= 15 is 0 Å². The van der Waals surface area contributed by atoms with Crippen molar-refractivity contribution in [1.82, 2.24) is 10.9 Å². The lowest BCUT2D eigenvalue weighted by Crippen LogP contribution is -2.41. The van der Waals surface area contributed by atoms with Gasteiger partial charge in [0, 0.05) is 17.4 Å². The third kappa shape index (κ3) is 5.07. The van der Waals surface area contributed by atoms with Crippen LogP contribution in [0.1, 0.15) is 35.9 Å². The van der Waals surface area contributed by atoms with Gasteiger partial charge >= 0.3 is 5.91 Å². The second kappa shape index (κ2) is 9.64. The highest BCUT2D eigenvalue weighted by Crippen LogP contribution is 2.26. The normalized spacial score (nSPS) is 10.6. The highest BCUT2D eigenvalue weighted by molar-refractivity contribution is 5.99. The van der Waals surface area contributed by atoms with Crippen molar-refractivity contribution in [3.8, 4) is 11.5 Å². The quantitative estimate of drug-likeness (QED) is 0.447. The predicted octanol–water partition coefficient (Wildman–Crippen LogP) is 3.76. The molecule has 0 fully saturated rings. The third-order valence-corrected chi connectivity index (χ3v) is 4.32. The number of hydrazine groups is 1. The lowest BCUT2D eigenvalue weighted by Gasteiger charge is -2.11. The van der Waals surface area contributed by atoms with Gasteiger partial charge in [0.25, 0.3) is 0 Å². The van der Waals surface area contributed by atoms with E-state index in [1.54, 1.807) is 13.0 Å². The highest BCUT2D eigenvalue weighted by atomic mass is 16.5. The largest absolute Gasteiger partial charge is 0.490 e. The van der Waals surface area contributed by atoms with Gasteiger partial charge in [-0.2, -0.15) is 0 Å². The van der Waals surface area contributed by atoms with Crippen molar-refractivity contribution in [3.05, 3.63) is 59.9 Å². The minimum absolute atomic E-state index is 0.183. The Bertz CT molecular complexity index is 996. The summed E-state index contributed by atoms with van der Waals surface area (Å²) in [7, 11) is 0. The van der Waals surface area contributed by atoms with Crippen molar-refractivity contribution >= 4 is 22.8 Å². The fourth-order valence-corrected chi connectivity index (χ4v) is 2.90. The summed E-state index contributed by atoms with van der Waals surface area (Å²) in [5, 5.41) is 0.869. The molecule has 7 nitrogen and oxygen atoms in total. The molecule has 0 radical (unpaired) electrons. The molecule has 0 saturated carbocycles. The second-order valence-corrected chi connectivity index (χ2v) is 6.39. The average Bonchev–Trinajstić information content (AvgIpc) is 3.07. The molecule has 2 N–H and O–H groups in total. The molecule has 3 aromatic rings. The first kappa shape index (κ1) is 20.3. The number of para-hydroxylation sites is 3.